The first-order valence-corrected chi connectivity index (χ1v) is 8.02. The molecule has 0 aliphatic carbocycles. The molecule has 1 N–H and O–H groups in total. The molecule has 0 radical (unpaired) electrons. The largest absolute Gasteiger partial charge is 0.454 e. The van der Waals surface area contributed by atoms with E-state index in [4.69, 9.17) is 9.47 Å². The van der Waals surface area contributed by atoms with Crippen molar-refractivity contribution < 1.29 is 9.47 Å². The van der Waals surface area contributed by atoms with Gasteiger partial charge in [0.1, 0.15) is 0 Å². The number of ether oxygens (including phenoxy) is 2. The number of nitrogens with zero attached hydrogens (tertiary/aromatic N) is 1. The van der Waals surface area contributed by atoms with E-state index in [-0.39, 0.29) is 0 Å². The second-order valence-electron chi connectivity index (χ2n) is 5.63. The topological polar surface area (TPSA) is 33.7 Å². The van der Waals surface area contributed by atoms with Crippen molar-refractivity contribution in [2.45, 2.75) is 45.7 Å². The van der Waals surface area contributed by atoms with Gasteiger partial charge in [0.05, 0.1) is 0 Å². The molecule has 2 rings (SSSR count). The summed E-state index contributed by atoms with van der Waals surface area (Å²) in [4.78, 5) is 2.46. The van der Waals surface area contributed by atoms with Crippen LogP contribution in [0, 0.1) is 0 Å². The van der Waals surface area contributed by atoms with Crippen LogP contribution in [0.5, 0.6) is 11.5 Å². The van der Waals surface area contributed by atoms with E-state index in [0.29, 0.717) is 18.9 Å². The zero-order valence-corrected chi connectivity index (χ0v) is 13.7. The van der Waals surface area contributed by atoms with Crippen molar-refractivity contribution in [1.82, 2.24) is 10.2 Å². The summed E-state index contributed by atoms with van der Waals surface area (Å²) >= 11 is 0. The average molecular weight is 292 g/mol. The van der Waals surface area contributed by atoms with Crippen LogP contribution in [0.4, 0.5) is 0 Å². The minimum absolute atomic E-state index is 0.315. The van der Waals surface area contributed by atoms with Gasteiger partial charge in [-0.3, -0.25) is 0 Å². The minimum atomic E-state index is 0.315. The molecule has 0 amide bonds. The fraction of sp³-hybridized carbons (Fsp3) is 0.647. The quantitative estimate of drug-likeness (QED) is 0.798. The van der Waals surface area contributed by atoms with E-state index in [0.717, 1.165) is 24.6 Å². The van der Waals surface area contributed by atoms with Crippen molar-refractivity contribution in [3.05, 3.63) is 23.8 Å². The molecule has 1 atom stereocenters. The molecule has 1 aliphatic rings. The van der Waals surface area contributed by atoms with Gasteiger partial charge in [-0.2, -0.15) is 0 Å². The normalized spacial score (nSPS) is 15.0. The molecule has 0 spiro atoms. The highest BCUT2D eigenvalue weighted by atomic mass is 16.7. The smallest absolute Gasteiger partial charge is 0.231 e. The van der Waals surface area contributed by atoms with Gasteiger partial charge in [0.15, 0.2) is 11.5 Å². The molecule has 0 saturated heterocycles. The van der Waals surface area contributed by atoms with E-state index >= 15 is 0 Å². The molecule has 4 heteroatoms. The van der Waals surface area contributed by atoms with Crippen molar-refractivity contribution in [1.29, 1.82) is 0 Å². The Kier molecular flexibility index (Phi) is 5.88. The first-order chi connectivity index (χ1) is 10.2. The number of hydrogen-bond acceptors (Lipinski definition) is 4. The van der Waals surface area contributed by atoms with Crippen LogP contribution in [-0.4, -0.2) is 37.9 Å². The van der Waals surface area contributed by atoms with E-state index in [9.17, 15) is 0 Å². The highest BCUT2D eigenvalue weighted by Crippen LogP contribution is 2.34. The Morgan fingerprint density at radius 3 is 2.52 bits per heavy atom. The van der Waals surface area contributed by atoms with Gasteiger partial charge < -0.3 is 19.7 Å². The van der Waals surface area contributed by atoms with Gasteiger partial charge in [-0.05, 0) is 44.1 Å². The molecule has 4 nitrogen and oxygen atoms in total. The van der Waals surface area contributed by atoms with Crippen molar-refractivity contribution in [3.63, 3.8) is 0 Å². The number of likely N-dealkylation sites (N-methyl/N-ethyl adjacent to an activating group) is 2. The van der Waals surface area contributed by atoms with Gasteiger partial charge in [-0.25, -0.2) is 0 Å². The van der Waals surface area contributed by atoms with Crippen LogP contribution < -0.4 is 14.8 Å². The standard InChI is InChI=1S/C17H28N2O2/c1-5-14(6-2)19(4)11-15(18-7-3)13-8-9-16-17(10-13)21-12-20-16/h8-10,14-15,18H,5-7,11-12H2,1-4H3. The van der Waals surface area contributed by atoms with Crippen LogP contribution in [-0.2, 0) is 0 Å². The lowest BCUT2D eigenvalue weighted by Crippen LogP contribution is -2.38. The Hall–Kier alpha value is -1.26. The van der Waals surface area contributed by atoms with Gasteiger partial charge in [0, 0.05) is 18.6 Å². The molecule has 1 aromatic rings. The van der Waals surface area contributed by atoms with E-state index in [1.807, 2.05) is 6.07 Å². The van der Waals surface area contributed by atoms with Gasteiger partial charge in [-0.15, -0.1) is 0 Å². The Bertz CT molecular complexity index is 446. The summed E-state index contributed by atoms with van der Waals surface area (Å²) in [7, 11) is 2.22. The third-order valence-electron chi connectivity index (χ3n) is 4.29. The lowest BCUT2D eigenvalue weighted by molar-refractivity contribution is 0.174. The van der Waals surface area contributed by atoms with Gasteiger partial charge >= 0.3 is 0 Å². The first-order valence-electron chi connectivity index (χ1n) is 8.02. The predicted octanol–water partition coefficient (Wildman–Crippen LogP) is 3.19. The number of nitrogens with one attached hydrogen (secondary N) is 1. The molecule has 0 saturated carbocycles. The van der Waals surface area contributed by atoms with Crippen LogP contribution in [0.1, 0.15) is 45.2 Å². The van der Waals surface area contributed by atoms with Crippen molar-refractivity contribution in [2.75, 3.05) is 26.9 Å². The first kappa shape index (κ1) is 16.1. The summed E-state index contributed by atoms with van der Waals surface area (Å²) in [6, 6.07) is 7.21. The molecule has 1 unspecified atom stereocenters. The van der Waals surface area contributed by atoms with Gasteiger partial charge in [0.2, 0.25) is 6.79 Å². The van der Waals surface area contributed by atoms with Crippen LogP contribution in [0.15, 0.2) is 18.2 Å². The molecule has 0 fully saturated rings. The lowest BCUT2D eigenvalue weighted by atomic mass is 10.0. The highest BCUT2D eigenvalue weighted by molar-refractivity contribution is 5.45. The highest BCUT2D eigenvalue weighted by Gasteiger charge is 2.20. The summed E-state index contributed by atoms with van der Waals surface area (Å²) in [5, 5.41) is 3.59. The molecule has 21 heavy (non-hydrogen) atoms. The second-order valence-corrected chi connectivity index (χ2v) is 5.63. The summed E-state index contributed by atoms with van der Waals surface area (Å²) in [5.41, 5.74) is 1.26. The Morgan fingerprint density at radius 1 is 1.14 bits per heavy atom. The Balaban J connectivity index is 2.11. The lowest BCUT2D eigenvalue weighted by Gasteiger charge is -2.31. The fourth-order valence-electron chi connectivity index (χ4n) is 3.01. The molecule has 0 aromatic heterocycles. The van der Waals surface area contributed by atoms with E-state index in [2.05, 4.69) is 50.2 Å². The fourth-order valence-corrected chi connectivity index (χ4v) is 3.01. The third-order valence-corrected chi connectivity index (χ3v) is 4.29. The average Bonchev–Trinajstić information content (AvgIpc) is 2.95. The molecule has 0 bridgehead atoms. The number of hydrogen-bond donors (Lipinski definition) is 1. The maximum absolute atomic E-state index is 5.50. The SMILES string of the molecule is CCNC(CN(C)C(CC)CC)c1ccc2c(c1)OCO2. The van der Waals surface area contributed by atoms with Gasteiger partial charge in [-0.1, -0.05) is 26.8 Å². The maximum Gasteiger partial charge on any atom is 0.231 e. The zero-order valence-electron chi connectivity index (χ0n) is 13.7. The molecule has 1 heterocycles. The van der Waals surface area contributed by atoms with Crippen molar-refractivity contribution >= 4 is 0 Å². The van der Waals surface area contributed by atoms with E-state index < -0.39 is 0 Å². The summed E-state index contributed by atoms with van der Waals surface area (Å²) in [6.45, 7) is 8.95. The van der Waals surface area contributed by atoms with E-state index in [1.165, 1.54) is 18.4 Å². The van der Waals surface area contributed by atoms with Crippen molar-refractivity contribution in [2.24, 2.45) is 0 Å². The van der Waals surface area contributed by atoms with Crippen LogP contribution in [0.2, 0.25) is 0 Å². The number of rotatable bonds is 8. The maximum atomic E-state index is 5.50. The van der Waals surface area contributed by atoms with E-state index in [1.54, 1.807) is 0 Å². The van der Waals surface area contributed by atoms with Crippen LogP contribution in [0.25, 0.3) is 0 Å². The molecule has 1 aromatic carbocycles. The third kappa shape index (κ3) is 3.89. The van der Waals surface area contributed by atoms with Gasteiger partial charge in [0.25, 0.3) is 0 Å². The monoisotopic (exact) mass is 292 g/mol. The summed E-state index contributed by atoms with van der Waals surface area (Å²) < 4.78 is 10.9. The summed E-state index contributed by atoms with van der Waals surface area (Å²) in [5.74, 6) is 1.71. The van der Waals surface area contributed by atoms with Crippen molar-refractivity contribution in [3.8, 4) is 11.5 Å². The van der Waals surface area contributed by atoms with Crippen LogP contribution >= 0.6 is 0 Å². The van der Waals surface area contributed by atoms with Crippen LogP contribution in [0.3, 0.4) is 0 Å². The summed E-state index contributed by atoms with van der Waals surface area (Å²) in [6.07, 6.45) is 2.37. The molecular weight excluding hydrogens is 264 g/mol. The molecule has 1 aliphatic heterocycles. The number of benzene rings is 1. The molecular formula is C17H28N2O2. The zero-order chi connectivity index (χ0) is 15.2. The Labute approximate surface area is 128 Å². The number of fused-ring (bicyclic) bond motifs is 1. The molecule has 118 valence electrons. The minimum Gasteiger partial charge on any atom is -0.454 e. The predicted molar refractivity (Wildman–Crippen MR) is 86.0 cm³/mol. The Morgan fingerprint density at radius 2 is 1.86 bits per heavy atom. The second kappa shape index (κ2) is 7.66.